The van der Waals surface area contributed by atoms with Gasteiger partial charge in [0.25, 0.3) is 11.3 Å². The first-order chi connectivity index (χ1) is 8.29. The molecule has 0 unspecified atom stereocenters. The Morgan fingerprint density at radius 1 is 1.41 bits per heavy atom. The number of aromatic nitrogens is 3. The van der Waals surface area contributed by atoms with Gasteiger partial charge in [0.15, 0.2) is 11.4 Å². The van der Waals surface area contributed by atoms with Gasteiger partial charge in [-0.2, -0.15) is 4.98 Å². The molecule has 0 atom stereocenters. The largest absolute Gasteiger partial charge is 0.422 e. The molecule has 17 heavy (non-hydrogen) atoms. The maximum Gasteiger partial charge on any atom is 0.283 e. The van der Waals surface area contributed by atoms with Gasteiger partial charge in [0, 0.05) is 19.4 Å². The second-order valence-electron chi connectivity index (χ2n) is 4.45. The lowest BCUT2D eigenvalue weighted by Crippen LogP contribution is -2.20. The van der Waals surface area contributed by atoms with E-state index in [2.05, 4.69) is 16.9 Å². The Morgan fingerprint density at radius 3 is 3.12 bits per heavy atom. The summed E-state index contributed by atoms with van der Waals surface area (Å²) in [6, 6.07) is 0. The molecule has 0 radical (unpaired) electrons. The van der Waals surface area contributed by atoms with Gasteiger partial charge in [0.05, 0.1) is 0 Å². The zero-order chi connectivity index (χ0) is 11.8. The number of unbranched alkanes of at least 4 members (excludes halogenated alkanes) is 1. The highest BCUT2D eigenvalue weighted by Gasteiger charge is 2.19. The first kappa shape index (κ1) is 10.5. The van der Waals surface area contributed by atoms with Crippen LogP contribution in [0.25, 0.3) is 11.2 Å². The Balaban J connectivity index is 2.11. The molecule has 0 spiro atoms. The number of hydrogen-bond acceptors (Lipinski definition) is 4. The first-order valence-electron chi connectivity index (χ1n) is 6.18. The standard InChI is InChI=1S/C12H15N3O2/c1-2-3-6-9-14-10-11(17-9)13-8-5-4-7-15(8)12(10)16/h2-7H2,1H3. The molecule has 0 aromatic carbocycles. The summed E-state index contributed by atoms with van der Waals surface area (Å²) in [6.45, 7) is 2.87. The summed E-state index contributed by atoms with van der Waals surface area (Å²) in [4.78, 5) is 20.8. The van der Waals surface area contributed by atoms with E-state index in [1.54, 1.807) is 4.57 Å². The van der Waals surface area contributed by atoms with Crippen molar-refractivity contribution in [3.63, 3.8) is 0 Å². The van der Waals surface area contributed by atoms with Crippen LogP contribution in [-0.4, -0.2) is 14.5 Å². The van der Waals surface area contributed by atoms with Gasteiger partial charge in [-0.3, -0.25) is 9.36 Å². The van der Waals surface area contributed by atoms with Crippen LogP contribution in [0.15, 0.2) is 9.21 Å². The first-order valence-corrected chi connectivity index (χ1v) is 6.18. The molecule has 5 heteroatoms. The monoisotopic (exact) mass is 233 g/mol. The van der Waals surface area contributed by atoms with Crippen LogP contribution in [0.5, 0.6) is 0 Å². The van der Waals surface area contributed by atoms with Crippen molar-refractivity contribution in [2.45, 2.75) is 45.6 Å². The van der Waals surface area contributed by atoms with Crippen LogP contribution in [0.3, 0.4) is 0 Å². The van der Waals surface area contributed by atoms with Crippen LogP contribution in [-0.2, 0) is 19.4 Å². The van der Waals surface area contributed by atoms with Crippen molar-refractivity contribution >= 4 is 11.2 Å². The molecule has 3 rings (SSSR count). The fraction of sp³-hybridized carbons (Fsp3) is 0.583. The molecule has 0 fully saturated rings. The van der Waals surface area contributed by atoms with Crippen LogP contribution < -0.4 is 5.56 Å². The average molecular weight is 233 g/mol. The molecule has 90 valence electrons. The van der Waals surface area contributed by atoms with E-state index in [1.807, 2.05) is 0 Å². The average Bonchev–Trinajstić information content (AvgIpc) is 2.93. The van der Waals surface area contributed by atoms with Gasteiger partial charge in [0.2, 0.25) is 0 Å². The number of hydrogen-bond donors (Lipinski definition) is 0. The molecule has 2 aromatic heterocycles. The zero-order valence-corrected chi connectivity index (χ0v) is 9.90. The third-order valence-corrected chi connectivity index (χ3v) is 3.17. The summed E-state index contributed by atoms with van der Waals surface area (Å²) in [5, 5.41) is 0. The van der Waals surface area contributed by atoms with Crippen molar-refractivity contribution in [1.29, 1.82) is 0 Å². The lowest BCUT2D eigenvalue weighted by Gasteiger charge is -1.98. The summed E-state index contributed by atoms with van der Waals surface area (Å²) in [5.41, 5.74) is 0.755. The van der Waals surface area contributed by atoms with E-state index in [1.165, 1.54) is 0 Å². The molecular weight excluding hydrogens is 218 g/mol. The van der Waals surface area contributed by atoms with E-state index in [4.69, 9.17) is 4.42 Å². The van der Waals surface area contributed by atoms with Crippen LogP contribution in [0, 0.1) is 0 Å². The number of aryl methyl sites for hydroxylation is 2. The molecule has 0 amide bonds. The van der Waals surface area contributed by atoms with E-state index in [9.17, 15) is 4.79 Å². The van der Waals surface area contributed by atoms with Gasteiger partial charge >= 0.3 is 0 Å². The number of fused-ring (bicyclic) bond motifs is 2. The highest BCUT2D eigenvalue weighted by Crippen LogP contribution is 2.16. The Labute approximate surface area is 98.5 Å². The lowest BCUT2D eigenvalue weighted by molar-refractivity contribution is 0.508. The van der Waals surface area contributed by atoms with Crippen molar-refractivity contribution in [2.24, 2.45) is 0 Å². The Hall–Kier alpha value is -1.65. The van der Waals surface area contributed by atoms with Gasteiger partial charge < -0.3 is 4.42 Å². The molecule has 3 heterocycles. The molecule has 0 aliphatic carbocycles. The maximum absolute atomic E-state index is 12.1. The summed E-state index contributed by atoms with van der Waals surface area (Å²) in [6.07, 6.45) is 4.73. The van der Waals surface area contributed by atoms with Crippen LogP contribution >= 0.6 is 0 Å². The van der Waals surface area contributed by atoms with E-state index < -0.39 is 0 Å². The van der Waals surface area contributed by atoms with Crippen molar-refractivity contribution in [2.75, 3.05) is 0 Å². The van der Waals surface area contributed by atoms with Gasteiger partial charge in [-0.15, -0.1) is 0 Å². The predicted octanol–water partition coefficient (Wildman–Crippen LogP) is 1.67. The minimum absolute atomic E-state index is 0.0472. The highest BCUT2D eigenvalue weighted by molar-refractivity contribution is 5.66. The van der Waals surface area contributed by atoms with Gasteiger partial charge in [-0.25, -0.2) is 4.98 Å². The van der Waals surface area contributed by atoms with Crippen molar-refractivity contribution in [3.8, 4) is 0 Å². The van der Waals surface area contributed by atoms with Crippen LogP contribution in [0.2, 0.25) is 0 Å². The third-order valence-electron chi connectivity index (χ3n) is 3.17. The van der Waals surface area contributed by atoms with E-state index >= 15 is 0 Å². The number of rotatable bonds is 3. The molecule has 0 bridgehead atoms. The molecule has 0 saturated carbocycles. The van der Waals surface area contributed by atoms with E-state index in [0.717, 1.165) is 44.5 Å². The molecular formula is C12H15N3O2. The molecule has 2 aromatic rings. The fourth-order valence-electron chi connectivity index (χ4n) is 2.24. The van der Waals surface area contributed by atoms with Crippen molar-refractivity contribution < 1.29 is 4.42 Å². The SMILES string of the molecule is CCCCc1nc2c(=O)n3c(nc2o1)CCC3. The van der Waals surface area contributed by atoms with Gasteiger partial charge in [0.1, 0.15) is 5.82 Å². The van der Waals surface area contributed by atoms with E-state index in [0.29, 0.717) is 17.1 Å². The van der Waals surface area contributed by atoms with E-state index in [-0.39, 0.29) is 5.56 Å². The topological polar surface area (TPSA) is 60.9 Å². The van der Waals surface area contributed by atoms with Crippen LogP contribution in [0.1, 0.15) is 37.9 Å². The molecule has 1 aliphatic heterocycles. The van der Waals surface area contributed by atoms with Gasteiger partial charge in [-0.1, -0.05) is 13.3 Å². The second kappa shape index (κ2) is 3.98. The highest BCUT2D eigenvalue weighted by atomic mass is 16.4. The van der Waals surface area contributed by atoms with Crippen LogP contribution in [0.4, 0.5) is 0 Å². The normalized spacial score (nSPS) is 14.4. The summed E-state index contributed by atoms with van der Waals surface area (Å²) < 4.78 is 7.26. The van der Waals surface area contributed by atoms with Crippen molar-refractivity contribution in [3.05, 3.63) is 22.1 Å². The molecule has 5 nitrogen and oxygen atoms in total. The molecule has 1 aliphatic rings. The summed E-state index contributed by atoms with van der Waals surface area (Å²) in [7, 11) is 0. The Morgan fingerprint density at radius 2 is 2.29 bits per heavy atom. The fourth-order valence-corrected chi connectivity index (χ4v) is 2.24. The second-order valence-corrected chi connectivity index (χ2v) is 4.45. The Bertz CT molecular complexity index is 612. The van der Waals surface area contributed by atoms with Crippen molar-refractivity contribution in [1.82, 2.24) is 14.5 Å². The third kappa shape index (κ3) is 1.66. The summed E-state index contributed by atoms with van der Waals surface area (Å²) in [5.74, 6) is 1.47. The number of nitrogens with zero attached hydrogens (tertiary/aromatic N) is 3. The lowest BCUT2D eigenvalue weighted by atomic mass is 10.2. The zero-order valence-electron chi connectivity index (χ0n) is 9.90. The number of oxazole rings is 1. The molecule has 0 saturated heterocycles. The Kier molecular flexibility index (Phi) is 2.46. The van der Waals surface area contributed by atoms with Gasteiger partial charge in [-0.05, 0) is 12.8 Å². The minimum atomic E-state index is -0.0472. The minimum Gasteiger partial charge on any atom is -0.422 e. The molecule has 0 N–H and O–H groups in total. The maximum atomic E-state index is 12.1. The summed E-state index contributed by atoms with van der Waals surface area (Å²) >= 11 is 0. The smallest absolute Gasteiger partial charge is 0.283 e. The predicted molar refractivity (Wildman–Crippen MR) is 63.0 cm³/mol. The quantitative estimate of drug-likeness (QED) is 0.809.